The Kier molecular flexibility index (Phi) is 3.87. The van der Waals surface area contributed by atoms with E-state index in [-0.39, 0.29) is 17.9 Å². The Bertz CT molecular complexity index is 1100. The number of nitrogens with one attached hydrogen (secondary N) is 1. The number of nitrogens with zero attached hydrogens (tertiary/aromatic N) is 6. The van der Waals surface area contributed by atoms with Crippen LogP contribution in [0, 0.1) is 5.92 Å². The number of benzene rings is 1. The van der Waals surface area contributed by atoms with Crippen LogP contribution in [-0.2, 0) is 7.05 Å². The molecule has 0 radical (unpaired) electrons. The van der Waals surface area contributed by atoms with Gasteiger partial charge in [0, 0.05) is 18.8 Å². The fourth-order valence-corrected chi connectivity index (χ4v) is 3.08. The highest BCUT2D eigenvalue weighted by Crippen LogP contribution is 2.25. The largest absolute Gasteiger partial charge is 0.342 e. The van der Waals surface area contributed by atoms with Gasteiger partial charge in [-0.05, 0) is 40.6 Å². The molecule has 3 aromatic heterocycles. The molecular weight excluding hydrogens is 330 g/mol. The summed E-state index contributed by atoms with van der Waals surface area (Å²) in [5.74, 6) is 0.828. The van der Waals surface area contributed by atoms with Gasteiger partial charge in [0.2, 0.25) is 0 Å². The summed E-state index contributed by atoms with van der Waals surface area (Å²) >= 11 is 0. The van der Waals surface area contributed by atoms with Gasteiger partial charge in [-0.1, -0.05) is 26.0 Å². The Morgan fingerprint density at radius 1 is 1.19 bits per heavy atom. The Morgan fingerprint density at radius 2 is 2.00 bits per heavy atom. The number of para-hydroxylation sites is 2. The number of carbonyl (C=O) groups excluding carboxylic acids is 1. The maximum Gasteiger partial charge on any atom is 0.252 e. The molecule has 0 fully saturated rings. The summed E-state index contributed by atoms with van der Waals surface area (Å²) in [6.07, 6.45) is 1.67. The molecule has 1 amide bonds. The van der Waals surface area contributed by atoms with Gasteiger partial charge in [0.1, 0.15) is 5.82 Å². The highest BCUT2D eigenvalue weighted by molar-refractivity contribution is 5.95. The Labute approximate surface area is 149 Å². The molecule has 0 unspecified atom stereocenters. The van der Waals surface area contributed by atoms with Crippen molar-refractivity contribution < 1.29 is 4.79 Å². The van der Waals surface area contributed by atoms with E-state index >= 15 is 0 Å². The summed E-state index contributed by atoms with van der Waals surface area (Å²) in [6, 6.07) is 11.1. The normalized spacial score (nSPS) is 12.8. The van der Waals surface area contributed by atoms with E-state index in [4.69, 9.17) is 4.98 Å². The second-order valence-electron chi connectivity index (χ2n) is 6.61. The fourth-order valence-electron chi connectivity index (χ4n) is 3.08. The van der Waals surface area contributed by atoms with Gasteiger partial charge in [0.05, 0.1) is 17.1 Å². The van der Waals surface area contributed by atoms with Gasteiger partial charge in [0.25, 0.3) is 5.91 Å². The fraction of sp³-hybridized carbons (Fsp3) is 0.278. The molecule has 26 heavy (non-hydrogen) atoms. The number of rotatable bonds is 4. The molecule has 0 saturated heterocycles. The average molecular weight is 349 g/mol. The van der Waals surface area contributed by atoms with Gasteiger partial charge >= 0.3 is 0 Å². The van der Waals surface area contributed by atoms with Crippen molar-refractivity contribution in [2.75, 3.05) is 0 Å². The van der Waals surface area contributed by atoms with Crippen molar-refractivity contribution in [1.29, 1.82) is 0 Å². The number of carbonyl (C=O) groups is 1. The van der Waals surface area contributed by atoms with E-state index in [0.717, 1.165) is 16.9 Å². The summed E-state index contributed by atoms with van der Waals surface area (Å²) < 4.78 is 3.55. The molecule has 0 aliphatic carbocycles. The number of pyridine rings is 1. The molecule has 3 heterocycles. The van der Waals surface area contributed by atoms with E-state index in [1.54, 1.807) is 18.3 Å². The Morgan fingerprint density at radius 3 is 2.77 bits per heavy atom. The molecule has 4 rings (SSSR count). The second-order valence-corrected chi connectivity index (χ2v) is 6.61. The second kappa shape index (κ2) is 6.21. The number of hydrogen-bond acceptors (Lipinski definition) is 5. The third kappa shape index (κ3) is 2.69. The van der Waals surface area contributed by atoms with Crippen LogP contribution in [0.5, 0.6) is 0 Å². The highest BCUT2D eigenvalue weighted by Gasteiger charge is 2.24. The van der Waals surface area contributed by atoms with Crippen LogP contribution >= 0.6 is 0 Å². The summed E-state index contributed by atoms with van der Waals surface area (Å²) in [4.78, 5) is 17.5. The zero-order valence-electron chi connectivity index (χ0n) is 14.8. The lowest BCUT2D eigenvalue weighted by Crippen LogP contribution is -2.33. The number of tetrazole rings is 1. The van der Waals surface area contributed by atoms with E-state index in [2.05, 4.69) is 34.7 Å². The zero-order chi connectivity index (χ0) is 18.3. The van der Waals surface area contributed by atoms with Gasteiger partial charge < -0.3 is 9.88 Å². The van der Waals surface area contributed by atoms with Crippen LogP contribution in [0.1, 0.15) is 36.1 Å². The van der Waals surface area contributed by atoms with Crippen LogP contribution in [0.25, 0.3) is 16.7 Å². The molecule has 4 aromatic rings. The summed E-state index contributed by atoms with van der Waals surface area (Å²) in [7, 11) is 1.97. The lowest BCUT2D eigenvalue weighted by molar-refractivity contribution is 0.0922. The maximum atomic E-state index is 12.8. The Hall–Kier alpha value is -3.29. The number of aryl methyl sites for hydroxylation is 1. The minimum Gasteiger partial charge on any atom is -0.342 e. The molecule has 132 valence electrons. The molecule has 8 nitrogen and oxygen atoms in total. The third-order valence-corrected chi connectivity index (χ3v) is 4.51. The van der Waals surface area contributed by atoms with E-state index in [1.807, 2.05) is 35.9 Å². The number of amides is 1. The first-order valence-electron chi connectivity index (χ1n) is 8.44. The van der Waals surface area contributed by atoms with Crippen molar-refractivity contribution in [3.8, 4) is 0 Å². The summed E-state index contributed by atoms with van der Waals surface area (Å²) in [5, 5.41) is 14.4. The van der Waals surface area contributed by atoms with Crippen LogP contribution in [0.3, 0.4) is 0 Å². The van der Waals surface area contributed by atoms with E-state index in [1.165, 1.54) is 4.52 Å². The molecule has 0 aliphatic heterocycles. The monoisotopic (exact) mass is 349 g/mol. The van der Waals surface area contributed by atoms with Crippen LogP contribution in [-0.4, -0.2) is 35.5 Å². The van der Waals surface area contributed by atoms with E-state index in [9.17, 15) is 4.79 Å². The van der Waals surface area contributed by atoms with Crippen molar-refractivity contribution in [3.05, 3.63) is 54.0 Å². The van der Waals surface area contributed by atoms with E-state index in [0.29, 0.717) is 11.2 Å². The van der Waals surface area contributed by atoms with E-state index < -0.39 is 0 Å². The average Bonchev–Trinajstić information content (AvgIpc) is 3.23. The lowest BCUT2D eigenvalue weighted by Gasteiger charge is -2.22. The van der Waals surface area contributed by atoms with Crippen molar-refractivity contribution in [2.24, 2.45) is 13.0 Å². The van der Waals surface area contributed by atoms with Crippen molar-refractivity contribution in [1.82, 2.24) is 34.9 Å². The molecule has 0 saturated carbocycles. The van der Waals surface area contributed by atoms with Crippen LogP contribution in [0.2, 0.25) is 0 Å². The quantitative estimate of drug-likeness (QED) is 0.610. The highest BCUT2D eigenvalue weighted by atomic mass is 16.1. The molecule has 0 bridgehead atoms. The molecule has 1 atom stereocenters. The van der Waals surface area contributed by atoms with Crippen LogP contribution < -0.4 is 5.32 Å². The molecule has 1 N–H and O–H groups in total. The summed E-state index contributed by atoms with van der Waals surface area (Å²) in [5.41, 5.74) is 3.00. The zero-order valence-corrected chi connectivity index (χ0v) is 14.8. The minimum atomic E-state index is -0.216. The number of fused-ring (bicyclic) bond motifs is 2. The first kappa shape index (κ1) is 16.2. The molecule has 8 heteroatoms. The first-order chi connectivity index (χ1) is 12.5. The van der Waals surface area contributed by atoms with Gasteiger partial charge in [-0.3, -0.25) is 4.79 Å². The van der Waals surface area contributed by atoms with Gasteiger partial charge in [0.15, 0.2) is 5.65 Å². The standard InChI is InChI=1S/C18H19N7O/c1-11(2)16(17-19-13-6-4-5-7-14(13)24(17)3)20-18(26)12-8-9-25-15(10-12)21-22-23-25/h4-11,16H,1-3H3,(H,20,26)/t16-/m1/s1. The van der Waals surface area contributed by atoms with Crippen molar-refractivity contribution in [3.63, 3.8) is 0 Å². The third-order valence-electron chi connectivity index (χ3n) is 4.51. The minimum absolute atomic E-state index is 0.174. The number of imidazole rings is 1. The van der Waals surface area contributed by atoms with Crippen LogP contribution in [0.15, 0.2) is 42.6 Å². The molecular formula is C18H19N7O. The van der Waals surface area contributed by atoms with Gasteiger partial charge in [-0.25, -0.2) is 9.50 Å². The van der Waals surface area contributed by atoms with Crippen LogP contribution in [0.4, 0.5) is 0 Å². The van der Waals surface area contributed by atoms with Crippen molar-refractivity contribution in [2.45, 2.75) is 19.9 Å². The predicted octanol–water partition coefficient (Wildman–Crippen LogP) is 2.14. The molecule has 0 aliphatic rings. The van der Waals surface area contributed by atoms with Gasteiger partial charge in [-0.2, -0.15) is 0 Å². The first-order valence-corrected chi connectivity index (χ1v) is 8.44. The number of aromatic nitrogens is 6. The van der Waals surface area contributed by atoms with Crippen molar-refractivity contribution >= 4 is 22.6 Å². The number of hydrogen-bond donors (Lipinski definition) is 1. The topological polar surface area (TPSA) is 90.0 Å². The molecule has 1 aromatic carbocycles. The smallest absolute Gasteiger partial charge is 0.252 e. The molecule has 0 spiro atoms. The SMILES string of the molecule is CC(C)[C@@H](NC(=O)c1ccn2nnnc2c1)c1nc2ccccc2n1C. The lowest BCUT2D eigenvalue weighted by atomic mass is 10.0. The predicted molar refractivity (Wildman–Crippen MR) is 96.5 cm³/mol. The van der Waals surface area contributed by atoms with Gasteiger partial charge in [-0.15, -0.1) is 5.10 Å². The summed E-state index contributed by atoms with van der Waals surface area (Å²) in [6.45, 7) is 4.13. The maximum absolute atomic E-state index is 12.8. The Balaban J connectivity index is 1.67.